The molecule has 0 saturated heterocycles. The van der Waals surface area contributed by atoms with Crippen LogP contribution in [0.4, 0.5) is 5.69 Å². The maximum absolute atomic E-state index is 13.1. The summed E-state index contributed by atoms with van der Waals surface area (Å²) < 4.78 is 39.1. The van der Waals surface area contributed by atoms with E-state index in [0.29, 0.717) is 16.5 Å². The van der Waals surface area contributed by atoms with Gasteiger partial charge in [-0.2, -0.15) is 4.72 Å². The zero-order valence-electron chi connectivity index (χ0n) is 17.8. The van der Waals surface area contributed by atoms with E-state index in [1.54, 1.807) is 12.1 Å². The van der Waals surface area contributed by atoms with E-state index < -0.39 is 22.0 Å². The van der Waals surface area contributed by atoms with Crippen molar-refractivity contribution in [1.82, 2.24) is 4.72 Å². The fraction of sp³-hybridized carbons (Fsp3) is 0.174. The second-order valence-corrected chi connectivity index (χ2v) is 9.53. The molecule has 0 aliphatic rings. The number of carbonyl (C=O) groups is 1. The largest absolute Gasteiger partial charge is 0.493 e. The number of benzene rings is 3. The minimum atomic E-state index is -4.08. The van der Waals surface area contributed by atoms with Gasteiger partial charge in [-0.25, -0.2) is 8.42 Å². The Morgan fingerprint density at radius 2 is 1.61 bits per heavy atom. The van der Waals surface area contributed by atoms with E-state index in [0.717, 1.165) is 5.56 Å². The summed E-state index contributed by atoms with van der Waals surface area (Å²) in [5, 5.41) is 3.29. The van der Waals surface area contributed by atoms with E-state index in [2.05, 4.69) is 10.0 Å². The number of rotatable bonds is 9. The van der Waals surface area contributed by atoms with Crippen molar-refractivity contribution in [3.8, 4) is 11.5 Å². The Bertz CT molecular complexity index is 1240. The van der Waals surface area contributed by atoms with Crippen molar-refractivity contribution in [2.75, 3.05) is 19.5 Å². The second-order valence-electron chi connectivity index (χ2n) is 7.00. The number of halogens is 2. The number of amides is 1. The molecule has 0 bridgehead atoms. The summed E-state index contributed by atoms with van der Waals surface area (Å²) in [7, 11) is -1.22. The zero-order chi connectivity index (χ0) is 24.0. The van der Waals surface area contributed by atoms with E-state index in [9.17, 15) is 13.2 Å². The Morgan fingerprint density at radius 3 is 2.24 bits per heavy atom. The van der Waals surface area contributed by atoms with Crippen LogP contribution >= 0.6 is 23.2 Å². The van der Waals surface area contributed by atoms with Crippen LogP contribution in [0.15, 0.2) is 71.6 Å². The van der Waals surface area contributed by atoms with Gasteiger partial charge in [0, 0.05) is 11.8 Å². The average Bonchev–Trinajstić information content (AvgIpc) is 2.81. The molecule has 1 atom stereocenters. The first kappa shape index (κ1) is 24.9. The predicted molar refractivity (Wildman–Crippen MR) is 129 cm³/mol. The van der Waals surface area contributed by atoms with Crippen molar-refractivity contribution >= 4 is 44.8 Å². The van der Waals surface area contributed by atoms with Crippen molar-refractivity contribution in [2.24, 2.45) is 0 Å². The van der Waals surface area contributed by atoms with E-state index in [4.69, 9.17) is 32.7 Å². The lowest BCUT2D eigenvalue weighted by molar-refractivity contribution is -0.117. The highest BCUT2D eigenvalue weighted by atomic mass is 35.5. The van der Waals surface area contributed by atoms with Crippen LogP contribution in [0.1, 0.15) is 5.56 Å². The van der Waals surface area contributed by atoms with E-state index in [1.807, 2.05) is 30.3 Å². The quantitative estimate of drug-likeness (QED) is 0.442. The number of carbonyl (C=O) groups excluding carboxylic acids is 1. The summed E-state index contributed by atoms with van der Waals surface area (Å²) in [6.07, 6.45) is 0.126. The molecule has 0 unspecified atom stereocenters. The third kappa shape index (κ3) is 6.39. The van der Waals surface area contributed by atoms with Gasteiger partial charge in [0.25, 0.3) is 0 Å². The van der Waals surface area contributed by atoms with Crippen LogP contribution in [0.5, 0.6) is 11.5 Å². The molecule has 0 aliphatic heterocycles. The molecule has 174 valence electrons. The Labute approximate surface area is 202 Å². The normalized spacial score (nSPS) is 12.1. The fourth-order valence-electron chi connectivity index (χ4n) is 3.08. The number of sulfonamides is 1. The number of hydrogen-bond donors (Lipinski definition) is 2. The van der Waals surface area contributed by atoms with E-state index in [-0.39, 0.29) is 22.1 Å². The molecule has 0 spiro atoms. The molecule has 2 N–H and O–H groups in total. The Kier molecular flexibility index (Phi) is 8.20. The van der Waals surface area contributed by atoms with Gasteiger partial charge in [-0.3, -0.25) is 4.79 Å². The van der Waals surface area contributed by atoms with Gasteiger partial charge in [0.1, 0.15) is 6.04 Å². The third-order valence-corrected chi connectivity index (χ3v) is 6.96. The van der Waals surface area contributed by atoms with Gasteiger partial charge in [-0.05, 0) is 42.3 Å². The highest BCUT2D eigenvalue weighted by molar-refractivity contribution is 7.89. The average molecular weight is 509 g/mol. The molecule has 0 heterocycles. The highest BCUT2D eigenvalue weighted by Gasteiger charge is 2.27. The van der Waals surface area contributed by atoms with Crippen LogP contribution in [0.2, 0.25) is 10.0 Å². The van der Waals surface area contributed by atoms with Gasteiger partial charge < -0.3 is 14.8 Å². The van der Waals surface area contributed by atoms with Crippen LogP contribution in [0.25, 0.3) is 0 Å². The molecule has 7 nitrogen and oxygen atoms in total. The molecule has 0 fully saturated rings. The number of hydrogen-bond acceptors (Lipinski definition) is 5. The lowest BCUT2D eigenvalue weighted by atomic mass is 10.1. The summed E-state index contributed by atoms with van der Waals surface area (Å²) in [5.41, 5.74) is 1.17. The van der Waals surface area contributed by atoms with Gasteiger partial charge in [-0.1, -0.05) is 53.5 Å². The Morgan fingerprint density at radius 1 is 0.909 bits per heavy atom. The maximum atomic E-state index is 13.1. The monoisotopic (exact) mass is 508 g/mol. The first-order valence-corrected chi connectivity index (χ1v) is 12.0. The first-order chi connectivity index (χ1) is 15.7. The van der Waals surface area contributed by atoms with Crippen molar-refractivity contribution in [3.63, 3.8) is 0 Å². The smallest absolute Gasteiger partial charge is 0.242 e. The lowest BCUT2D eigenvalue weighted by Crippen LogP contribution is -2.45. The topological polar surface area (TPSA) is 93.7 Å². The summed E-state index contributed by atoms with van der Waals surface area (Å²) in [6.45, 7) is 0. The van der Waals surface area contributed by atoms with E-state index >= 15 is 0 Å². The summed E-state index contributed by atoms with van der Waals surface area (Å²) in [5.74, 6) is 0.0798. The minimum Gasteiger partial charge on any atom is -0.493 e. The standard InChI is InChI=1S/C23H22Cl2N2O5S/c1-31-21-11-9-17(14-22(21)32-2)33(29,30)27-20(12-15-6-4-3-5-7-15)23(28)26-16-8-10-18(24)19(25)13-16/h3-11,13-14,20,27H,12H2,1-2H3,(H,26,28)/t20-/m1/s1. The van der Waals surface area contributed by atoms with Crippen LogP contribution in [0.3, 0.4) is 0 Å². The van der Waals surface area contributed by atoms with Crippen molar-refractivity contribution < 1.29 is 22.7 Å². The van der Waals surface area contributed by atoms with Crippen molar-refractivity contribution in [3.05, 3.63) is 82.3 Å². The molecule has 3 aromatic rings. The summed E-state index contributed by atoms with van der Waals surface area (Å²) in [4.78, 5) is 13.0. The van der Waals surface area contributed by atoms with Crippen LogP contribution < -0.4 is 19.5 Å². The van der Waals surface area contributed by atoms with Crippen LogP contribution in [-0.4, -0.2) is 34.6 Å². The Hall–Kier alpha value is -2.78. The maximum Gasteiger partial charge on any atom is 0.242 e. The van der Waals surface area contributed by atoms with Gasteiger partial charge >= 0.3 is 0 Å². The molecule has 0 aliphatic carbocycles. The highest BCUT2D eigenvalue weighted by Crippen LogP contribution is 2.29. The molecule has 1 amide bonds. The summed E-state index contributed by atoms with van der Waals surface area (Å²) in [6, 6.07) is 16.8. The predicted octanol–water partition coefficient (Wildman–Crippen LogP) is 4.54. The van der Waals surface area contributed by atoms with Gasteiger partial charge in [0.05, 0.1) is 29.2 Å². The van der Waals surface area contributed by atoms with E-state index in [1.165, 1.54) is 38.5 Å². The fourth-order valence-corrected chi connectivity index (χ4v) is 4.59. The molecule has 0 radical (unpaired) electrons. The molecule has 0 saturated carbocycles. The molecule has 3 aromatic carbocycles. The summed E-state index contributed by atoms with van der Waals surface area (Å²) >= 11 is 12.0. The number of methoxy groups -OCH3 is 2. The molecule has 0 aromatic heterocycles. The lowest BCUT2D eigenvalue weighted by Gasteiger charge is -2.19. The van der Waals surface area contributed by atoms with Gasteiger partial charge in [-0.15, -0.1) is 0 Å². The molecule has 3 rings (SSSR count). The van der Waals surface area contributed by atoms with Crippen molar-refractivity contribution in [1.29, 1.82) is 0 Å². The Balaban J connectivity index is 1.90. The number of anilines is 1. The SMILES string of the molecule is COc1ccc(S(=O)(=O)N[C@H](Cc2ccccc2)C(=O)Nc2ccc(Cl)c(Cl)c2)cc1OC. The number of nitrogens with one attached hydrogen (secondary N) is 2. The second kappa shape index (κ2) is 10.9. The van der Waals surface area contributed by atoms with Crippen LogP contribution in [-0.2, 0) is 21.2 Å². The number of ether oxygens (including phenoxy) is 2. The first-order valence-electron chi connectivity index (χ1n) is 9.77. The minimum absolute atomic E-state index is 0.0689. The van der Waals surface area contributed by atoms with Crippen LogP contribution in [0, 0.1) is 0 Å². The van der Waals surface area contributed by atoms with Crippen molar-refractivity contribution in [2.45, 2.75) is 17.4 Å². The van der Waals surface area contributed by atoms with Gasteiger partial charge in [0.2, 0.25) is 15.9 Å². The third-order valence-electron chi connectivity index (χ3n) is 4.75. The molecular formula is C23H22Cl2N2O5S. The molecule has 33 heavy (non-hydrogen) atoms. The zero-order valence-corrected chi connectivity index (χ0v) is 20.2. The molecule has 10 heteroatoms. The van der Waals surface area contributed by atoms with Gasteiger partial charge in [0.15, 0.2) is 11.5 Å². The molecular weight excluding hydrogens is 487 g/mol.